The quantitative estimate of drug-likeness (QED) is 0.888. The maximum atomic E-state index is 13.3. The third-order valence-electron chi connectivity index (χ3n) is 4.05. The lowest BCUT2D eigenvalue weighted by Gasteiger charge is -2.33. The first-order valence-corrected chi connectivity index (χ1v) is 6.74. The number of nitrogens with zero attached hydrogens (tertiary/aromatic N) is 1. The van der Waals surface area contributed by atoms with Gasteiger partial charge >= 0.3 is 0 Å². The van der Waals surface area contributed by atoms with Gasteiger partial charge in [-0.25, -0.2) is 4.39 Å². The summed E-state index contributed by atoms with van der Waals surface area (Å²) in [6.07, 6.45) is 5.05. The zero-order valence-corrected chi connectivity index (χ0v) is 11.2. The van der Waals surface area contributed by atoms with Crippen molar-refractivity contribution in [2.24, 2.45) is 5.92 Å². The van der Waals surface area contributed by atoms with Crippen molar-refractivity contribution in [3.63, 3.8) is 0 Å². The van der Waals surface area contributed by atoms with E-state index >= 15 is 0 Å². The average Bonchev–Trinajstić information content (AvgIpc) is 2.34. The molecule has 1 saturated carbocycles. The average molecular weight is 251 g/mol. The first-order valence-electron chi connectivity index (χ1n) is 6.74. The number of phenolic OH excluding ortho intramolecular Hbond substituents is 1. The van der Waals surface area contributed by atoms with Crippen molar-refractivity contribution >= 4 is 0 Å². The number of halogens is 1. The van der Waals surface area contributed by atoms with Crippen LogP contribution in [0.3, 0.4) is 0 Å². The van der Waals surface area contributed by atoms with Gasteiger partial charge in [0.05, 0.1) is 0 Å². The van der Waals surface area contributed by atoms with Gasteiger partial charge in [0.15, 0.2) is 11.6 Å². The summed E-state index contributed by atoms with van der Waals surface area (Å²) in [4.78, 5) is 2.30. The molecule has 0 bridgehead atoms. The minimum absolute atomic E-state index is 0.270. The van der Waals surface area contributed by atoms with Gasteiger partial charge in [-0.05, 0) is 56.3 Å². The number of hydrogen-bond acceptors (Lipinski definition) is 2. The number of benzene rings is 1. The van der Waals surface area contributed by atoms with E-state index in [-0.39, 0.29) is 5.75 Å². The van der Waals surface area contributed by atoms with Gasteiger partial charge in [0, 0.05) is 12.6 Å². The van der Waals surface area contributed by atoms with E-state index in [9.17, 15) is 4.39 Å². The topological polar surface area (TPSA) is 23.5 Å². The molecule has 1 fully saturated rings. The van der Waals surface area contributed by atoms with Gasteiger partial charge in [-0.1, -0.05) is 13.0 Å². The van der Waals surface area contributed by atoms with Crippen LogP contribution in [0.2, 0.25) is 0 Å². The molecule has 1 aliphatic rings. The summed E-state index contributed by atoms with van der Waals surface area (Å²) in [5.41, 5.74) is 0.923. The Bertz CT molecular complexity index is 399. The summed E-state index contributed by atoms with van der Waals surface area (Å²) in [5.74, 6) is 0.0480. The fourth-order valence-electron chi connectivity index (χ4n) is 2.75. The highest BCUT2D eigenvalue weighted by Crippen LogP contribution is 2.27. The van der Waals surface area contributed by atoms with Crippen LogP contribution >= 0.6 is 0 Å². The SMILES string of the molecule is CC1CCC(N(C)Cc2ccc(O)c(F)c2)CC1. The Morgan fingerprint density at radius 3 is 2.56 bits per heavy atom. The van der Waals surface area contributed by atoms with Crippen molar-refractivity contribution in [3.8, 4) is 5.75 Å². The van der Waals surface area contributed by atoms with Crippen molar-refractivity contribution in [2.75, 3.05) is 7.05 Å². The number of hydrogen-bond donors (Lipinski definition) is 1. The highest BCUT2D eigenvalue weighted by molar-refractivity contribution is 5.27. The molecule has 0 radical (unpaired) electrons. The van der Waals surface area contributed by atoms with E-state index < -0.39 is 5.82 Å². The Labute approximate surface area is 108 Å². The maximum Gasteiger partial charge on any atom is 0.165 e. The van der Waals surface area contributed by atoms with E-state index in [1.807, 2.05) is 0 Å². The van der Waals surface area contributed by atoms with E-state index in [1.165, 1.54) is 37.8 Å². The van der Waals surface area contributed by atoms with Crippen molar-refractivity contribution in [1.82, 2.24) is 4.90 Å². The number of aromatic hydroxyl groups is 1. The largest absolute Gasteiger partial charge is 0.505 e. The molecule has 0 amide bonds. The van der Waals surface area contributed by atoms with E-state index in [0.29, 0.717) is 6.04 Å². The van der Waals surface area contributed by atoms with Crippen LogP contribution in [0, 0.1) is 11.7 Å². The molecule has 0 spiro atoms. The summed E-state index contributed by atoms with van der Waals surface area (Å²) in [7, 11) is 2.10. The molecular formula is C15H22FNO. The summed E-state index contributed by atoms with van der Waals surface area (Å²) in [5, 5.41) is 9.17. The normalized spacial score (nSPS) is 24.4. The van der Waals surface area contributed by atoms with Gasteiger partial charge < -0.3 is 5.11 Å². The Balaban J connectivity index is 1.94. The standard InChI is InChI=1S/C15H22FNO/c1-11-3-6-13(7-4-11)17(2)10-12-5-8-15(18)14(16)9-12/h5,8-9,11,13,18H,3-4,6-7,10H2,1-2H3. The van der Waals surface area contributed by atoms with Gasteiger partial charge in [-0.3, -0.25) is 4.90 Å². The van der Waals surface area contributed by atoms with Gasteiger partial charge in [0.25, 0.3) is 0 Å². The molecule has 0 aromatic heterocycles. The molecule has 1 aromatic carbocycles. The molecular weight excluding hydrogens is 229 g/mol. The van der Waals surface area contributed by atoms with E-state index in [4.69, 9.17) is 5.11 Å². The zero-order chi connectivity index (χ0) is 13.1. The monoisotopic (exact) mass is 251 g/mol. The van der Waals surface area contributed by atoms with Crippen LogP contribution in [-0.2, 0) is 6.54 Å². The second kappa shape index (κ2) is 5.70. The molecule has 1 N–H and O–H groups in total. The van der Waals surface area contributed by atoms with Gasteiger partial charge in [0.2, 0.25) is 0 Å². The third kappa shape index (κ3) is 3.22. The Hall–Kier alpha value is -1.09. The molecule has 0 aliphatic heterocycles. The molecule has 3 heteroatoms. The van der Waals surface area contributed by atoms with Crippen LogP contribution < -0.4 is 0 Å². The number of phenols is 1. The van der Waals surface area contributed by atoms with Crippen LogP contribution in [0.1, 0.15) is 38.2 Å². The molecule has 0 atom stereocenters. The minimum Gasteiger partial charge on any atom is -0.505 e. The lowest BCUT2D eigenvalue weighted by molar-refractivity contribution is 0.164. The molecule has 1 aliphatic carbocycles. The first-order chi connectivity index (χ1) is 8.56. The molecule has 2 rings (SSSR count). The fraction of sp³-hybridized carbons (Fsp3) is 0.600. The van der Waals surface area contributed by atoms with Gasteiger partial charge in [-0.15, -0.1) is 0 Å². The molecule has 0 unspecified atom stereocenters. The minimum atomic E-state index is -0.529. The van der Waals surface area contributed by atoms with Crippen LogP contribution in [0.5, 0.6) is 5.75 Å². The van der Waals surface area contributed by atoms with Crippen molar-refractivity contribution in [2.45, 2.75) is 45.2 Å². The predicted octanol–water partition coefficient (Wildman–Crippen LogP) is 3.54. The van der Waals surface area contributed by atoms with Crippen LogP contribution in [0.25, 0.3) is 0 Å². The van der Waals surface area contributed by atoms with Crippen molar-refractivity contribution in [1.29, 1.82) is 0 Å². The Morgan fingerprint density at radius 2 is 1.94 bits per heavy atom. The molecule has 1 aromatic rings. The van der Waals surface area contributed by atoms with Crippen LogP contribution in [0.4, 0.5) is 4.39 Å². The van der Waals surface area contributed by atoms with Crippen molar-refractivity contribution < 1.29 is 9.50 Å². The van der Waals surface area contributed by atoms with E-state index in [2.05, 4.69) is 18.9 Å². The predicted molar refractivity (Wildman–Crippen MR) is 71.0 cm³/mol. The zero-order valence-electron chi connectivity index (χ0n) is 11.2. The Kier molecular flexibility index (Phi) is 4.23. The smallest absolute Gasteiger partial charge is 0.165 e. The van der Waals surface area contributed by atoms with Gasteiger partial charge in [-0.2, -0.15) is 0 Å². The summed E-state index contributed by atoms with van der Waals surface area (Å²) < 4.78 is 13.3. The van der Waals surface area contributed by atoms with E-state index in [0.717, 1.165) is 18.0 Å². The first kappa shape index (κ1) is 13.3. The summed E-state index contributed by atoms with van der Waals surface area (Å²) in [6.45, 7) is 3.06. The molecule has 2 nitrogen and oxygen atoms in total. The number of rotatable bonds is 3. The highest BCUT2D eigenvalue weighted by Gasteiger charge is 2.21. The lowest BCUT2D eigenvalue weighted by atomic mass is 9.86. The second-order valence-corrected chi connectivity index (χ2v) is 5.61. The summed E-state index contributed by atoms with van der Waals surface area (Å²) in [6, 6.07) is 5.26. The van der Waals surface area contributed by atoms with Crippen molar-refractivity contribution in [3.05, 3.63) is 29.6 Å². The van der Waals surface area contributed by atoms with Gasteiger partial charge in [0.1, 0.15) is 0 Å². The van der Waals surface area contributed by atoms with Crippen LogP contribution in [-0.4, -0.2) is 23.1 Å². The maximum absolute atomic E-state index is 13.3. The molecule has 100 valence electrons. The molecule has 18 heavy (non-hydrogen) atoms. The molecule has 0 heterocycles. The lowest BCUT2D eigenvalue weighted by Crippen LogP contribution is -2.34. The summed E-state index contributed by atoms with van der Waals surface area (Å²) >= 11 is 0. The second-order valence-electron chi connectivity index (χ2n) is 5.61. The van der Waals surface area contributed by atoms with Crippen LogP contribution in [0.15, 0.2) is 18.2 Å². The molecule has 0 saturated heterocycles. The third-order valence-corrected chi connectivity index (χ3v) is 4.05. The van der Waals surface area contributed by atoms with E-state index in [1.54, 1.807) is 6.07 Å². The highest BCUT2D eigenvalue weighted by atomic mass is 19.1. The Morgan fingerprint density at radius 1 is 1.28 bits per heavy atom. The fourth-order valence-corrected chi connectivity index (χ4v) is 2.75.